The number of rotatable bonds is 5. The topological polar surface area (TPSA) is 62.4 Å². The van der Waals surface area contributed by atoms with E-state index in [1.165, 1.54) is 11.1 Å². The van der Waals surface area contributed by atoms with Crippen molar-refractivity contribution in [1.82, 2.24) is 16.0 Å². The molecule has 0 aliphatic carbocycles. The average molecular weight is 323 g/mol. The minimum atomic E-state index is -0.484. The highest BCUT2D eigenvalue weighted by Crippen LogP contribution is 2.06. The molecule has 0 fully saturated rings. The van der Waals surface area contributed by atoms with Crippen molar-refractivity contribution >= 4 is 23.4 Å². The van der Waals surface area contributed by atoms with Gasteiger partial charge in [-0.2, -0.15) is 0 Å². The van der Waals surface area contributed by atoms with Crippen molar-refractivity contribution in [2.45, 2.75) is 39.8 Å². The molecule has 3 N–H and O–H groups in total. The SMILES string of the molecule is Cc1ccc(CNC(=S)NCCNC(=O)OC(C)(C)C)cc1. The second-order valence-corrected chi connectivity index (χ2v) is 6.43. The lowest BCUT2D eigenvalue weighted by molar-refractivity contribution is 0.0529. The molecule has 122 valence electrons. The lowest BCUT2D eigenvalue weighted by Gasteiger charge is -2.19. The standard InChI is InChI=1S/C16H25N3O2S/c1-12-5-7-13(8-6-12)11-19-14(22)17-9-10-18-15(20)21-16(2,3)4/h5-8H,9-11H2,1-4H3,(H,18,20)(H2,17,19,22). The van der Waals surface area contributed by atoms with E-state index >= 15 is 0 Å². The van der Waals surface area contributed by atoms with Crippen LogP contribution in [0.15, 0.2) is 24.3 Å². The van der Waals surface area contributed by atoms with E-state index in [0.717, 1.165) is 0 Å². The Bertz CT molecular complexity index is 495. The maximum atomic E-state index is 11.4. The summed E-state index contributed by atoms with van der Waals surface area (Å²) in [5.74, 6) is 0. The van der Waals surface area contributed by atoms with E-state index in [1.807, 2.05) is 20.8 Å². The maximum Gasteiger partial charge on any atom is 0.407 e. The highest BCUT2D eigenvalue weighted by atomic mass is 32.1. The van der Waals surface area contributed by atoms with Gasteiger partial charge in [0, 0.05) is 19.6 Å². The van der Waals surface area contributed by atoms with Crippen LogP contribution in [0.4, 0.5) is 4.79 Å². The lowest BCUT2D eigenvalue weighted by atomic mass is 10.1. The first kappa shape index (κ1) is 18.2. The Morgan fingerprint density at radius 3 is 2.27 bits per heavy atom. The van der Waals surface area contributed by atoms with Crippen LogP contribution in [0.1, 0.15) is 31.9 Å². The summed E-state index contributed by atoms with van der Waals surface area (Å²) in [5, 5.41) is 9.38. The molecule has 1 rings (SSSR count). The Morgan fingerprint density at radius 2 is 1.68 bits per heavy atom. The van der Waals surface area contributed by atoms with E-state index in [1.54, 1.807) is 0 Å². The van der Waals surface area contributed by atoms with Gasteiger partial charge in [0.25, 0.3) is 0 Å². The van der Waals surface area contributed by atoms with Gasteiger partial charge in [0.05, 0.1) is 0 Å². The Hall–Kier alpha value is -1.82. The summed E-state index contributed by atoms with van der Waals surface area (Å²) in [6.07, 6.45) is -0.423. The van der Waals surface area contributed by atoms with Gasteiger partial charge < -0.3 is 20.7 Å². The van der Waals surface area contributed by atoms with Gasteiger partial charge in [-0.15, -0.1) is 0 Å². The summed E-state index contributed by atoms with van der Waals surface area (Å²) in [5.41, 5.74) is 1.92. The van der Waals surface area contributed by atoms with Gasteiger partial charge >= 0.3 is 6.09 Å². The number of aryl methyl sites for hydroxylation is 1. The smallest absolute Gasteiger partial charge is 0.407 e. The number of hydrogen-bond acceptors (Lipinski definition) is 3. The van der Waals surface area contributed by atoms with Gasteiger partial charge in [0.2, 0.25) is 0 Å². The molecule has 0 spiro atoms. The molecule has 0 unspecified atom stereocenters. The summed E-state index contributed by atoms with van der Waals surface area (Å²) in [6.45, 7) is 9.20. The summed E-state index contributed by atoms with van der Waals surface area (Å²) in [6, 6.07) is 8.26. The molecule has 0 heterocycles. The number of alkyl carbamates (subject to hydrolysis) is 1. The van der Waals surface area contributed by atoms with Crippen LogP contribution in [-0.2, 0) is 11.3 Å². The zero-order chi connectivity index (χ0) is 16.6. The van der Waals surface area contributed by atoms with E-state index in [-0.39, 0.29) is 0 Å². The number of ether oxygens (including phenoxy) is 1. The zero-order valence-electron chi connectivity index (χ0n) is 13.7. The molecule has 1 amide bonds. The van der Waals surface area contributed by atoms with E-state index < -0.39 is 11.7 Å². The monoisotopic (exact) mass is 323 g/mol. The molecule has 1 aromatic rings. The molecular formula is C16H25N3O2S. The van der Waals surface area contributed by atoms with Crippen LogP contribution < -0.4 is 16.0 Å². The first-order valence-electron chi connectivity index (χ1n) is 7.30. The fourth-order valence-corrected chi connectivity index (χ4v) is 1.78. The molecule has 0 aliphatic heterocycles. The normalized spacial score (nSPS) is 10.7. The molecule has 5 nitrogen and oxygen atoms in total. The maximum absolute atomic E-state index is 11.4. The third kappa shape index (κ3) is 8.46. The fraction of sp³-hybridized carbons (Fsp3) is 0.500. The van der Waals surface area contributed by atoms with Crippen molar-refractivity contribution in [3.63, 3.8) is 0 Å². The van der Waals surface area contributed by atoms with Crippen LogP contribution >= 0.6 is 12.2 Å². The first-order chi connectivity index (χ1) is 10.3. The van der Waals surface area contributed by atoms with Crippen LogP contribution in [0, 0.1) is 6.92 Å². The van der Waals surface area contributed by atoms with Crippen LogP contribution in [0.3, 0.4) is 0 Å². The predicted octanol–water partition coefficient (Wildman–Crippen LogP) is 2.48. The number of thiocarbonyl (C=S) groups is 1. The Morgan fingerprint density at radius 1 is 1.09 bits per heavy atom. The molecule has 1 aromatic carbocycles. The minimum Gasteiger partial charge on any atom is -0.444 e. The molecule has 0 aromatic heterocycles. The van der Waals surface area contributed by atoms with Crippen molar-refractivity contribution in [3.05, 3.63) is 35.4 Å². The van der Waals surface area contributed by atoms with E-state index in [4.69, 9.17) is 17.0 Å². The first-order valence-corrected chi connectivity index (χ1v) is 7.71. The third-order valence-corrected chi connectivity index (χ3v) is 2.94. The molecule has 0 bridgehead atoms. The molecule has 0 radical (unpaired) electrons. The summed E-state index contributed by atoms with van der Waals surface area (Å²) in [7, 11) is 0. The molecule has 0 atom stereocenters. The van der Waals surface area contributed by atoms with Crippen molar-refractivity contribution in [2.75, 3.05) is 13.1 Å². The molecule has 0 saturated heterocycles. The predicted molar refractivity (Wildman–Crippen MR) is 92.9 cm³/mol. The van der Waals surface area contributed by atoms with E-state index in [9.17, 15) is 4.79 Å². The second kappa shape index (κ2) is 8.58. The van der Waals surface area contributed by atoms with Gasteiger partial charge in [-0.1, -0.05) is 29.8 Å². The Kier molecular flexibility index (Phi) is 7.11. The van der Waals surface area contributed by atoms with Crippen LogP contribution in [-0.4, -0.2) is 29.9 Å². The Balaban J connectivity index is 2.13. The molecule has 0 saturated carbocycles. The van der Waals surface area contributed by atoms with Gasteiger partial charge in [0.1, 0.15) is 5.60 Å². The molecular weight excluding hydrogens is 298 g/mol. The van der Waals surface area contributed by atoms with Crippen molar-refractivity contribution in [1.29, 1.82) is 0 Å². The van der Waals surface area contributed by atoms with Gasteiger partial charge in [-0.25, -0.2) is 4.79 Å². The van der Waals surface area contributed by atoms with Gasteiger partial charge in [-0.3, -0.25) is 0 Å². The minimum absolute atomic E-state index is 0.423. The van der Waals surface area contributed by atoms with E-state index in [0.29, 0.717) is 24.7 Å². The third-order valence-electron chi connectivity index (χ3n) is 2.65. The summed E-state index contributed by atoms with van der Waals surface area (Å²) in [4.78, 5) is 11.4. The Labute approximate surface area is 137 Å². The fourth-order valence-electron chi connectivity index (χ4n) is 1.61. The largest absolute Gasteiger partial charge is 0.444 e. The number of carbonyl (C=O) groups is 1. The summed E-state index contributed by atoms with van der Waals surface area (Å²) >= 11 is 5.18. The lowest BCUT2D eigenvalue weighted by Crippen LogP contribution is -2.41. The molecule has 6 heteroatoms. The highest BCUT2D eigenvalue weighted by Gasteiger charge is 2.15. The van der Waals surface area contributed by atoms with Crippen molar-refractivity contribution in [2.24, 2.45) is 0 Å². The van der Waals surface area contributed by atoms with Gasteiger partial charge in [0.15, 0.2) is 5.11 Å². The average Bonchev–Trinajstić information content (AvgIpc) is 2.41. The number of hydrogen-bond donors (Lipinski definition) is 3. The van der Waals surface area contributed by atoms with E-state index in [2.05, 4.69) is 47.1 Å². The number of amides is 1. The zero-order valence-corrected chi connectivity index (χ0v) is 14.5. The highest BCUT2D eigenvalue weighted by molar-refractivity contribution is 7.80. The van der Waals surface area contributed by atoms with Crippen LogP contribution in [0.25, 0.3) is 0 Å². The van der Waals surface area contributed by atoms with Crippen LogP contribution in [0.2, 0.25) is 0 Å². The number of benzene rings is 1. The van der Waals surface area contributed by atoms with Gasteiger partial charge in [-0.05, 0) is 45.5 Å². The van der Waals surface area contributed by atoms with Crippen molar-refractivity contribution < 1.29 is 9.53 Å². The summed E-state index contributed by atoms with van der Waals surface area (Å²) < 4.78 is 5.13. The molecule has 22 heavy (non-hydrogen) atoms. The number of carbonyl (C=O) groups excluding carboxylic acids is 1. The number of nitrogens with one attached hydrogen (secondary N) is 3. The quantitative estimate of drug-likeness (QED) is 0.574. The van der Waals surface area contributed by atoms with Crippen LogP contribution in [0.5, 0.6) is 0 Å². The molecule has 0 aliphatic rings. The second-order valence-electron chi connectivity index (χ2n) is 6.02. The van der Waals surface area contributed by atoms with Crippen molar-refractivity contribution in [3.8, 4) is 0 Å².